The van der Waals surface area contributed by atoms with Crippen molar-refractivity contribution in [2.45, 2.75) is 43.9 Å². The Balaban J connectivity index is 1.92. The zero-order valence-electron chi connectivity index (χ0n) is 11.4. The fourth-order valence-electron chi connectivity index (χ4n) is 2.89. The number of para-hydroxylation sites is 1. The predicted octanol–water partition coefficient (Wildman–Crippen LogP) is 3.78. The van der Waals surface area contributed by atoms with Gasteiger partial charge in [0.1, 0.15) is 5.75 Å². The summed E-state index contributed by atoms with van der Waals surface area (Å²) >= 11 is 0. The molecule has 3 rings (SSSR count). The van der Waals surface area contributed by atoms with Gasteiger partial charge in [-0.15, -0.1) is 4.74 Å². The molecular formula is C15H16F3O2+. The van der Waals surface area contributed by atoms with Gasteiger partial charge in [-0.25, -0.2) is 0 Å². The van der Waals surface area contributed by atoms with Crippen molar-refractivity contribution >= 4 is 0 Å². The highest BCUT2D eigenvalue weighted by atomic mass is 19.4. The van der Waals surface area contributed by atoms with E-state index in [0.717, 1.165) is 29.9 Å². The summed E-state index contributed by atoms with van der Waals surface area (Å²) in [4.78, 5) is 0. The second-order valence-electron chi connectivity index (χ2n) is 6.08. The molecule has 2 aliphatic rings. The van der Waals surface area contributed by atoms with E-state index in [1.54, 1.807) is 13.8 Å². The van der Waals surface area contributed by atoms with E-state index in [-0.39, 0.29) is 6.42 Å². The van der Waals surface area contributed by atoms with Gasteiger partial charge in [-0.2, -0.15) is 13.2 Å². The summed E-state index contributed by atoms with van der Waals surface area (Å²) in [6.07, 6.45) is -3.70. The zero-order chi connectivity index (χ0) is 14.6. The average Bonchev–Trinajstić information content (AvgIpc) is 2.97. The molecule has 1 saturated heterocycles. The van der Waals surface area contributed by atoms with Gasteiger partial charge in [-0.05, 0) is 5.56 Å². The molecule has 2 aliphatic heterocycles. The van der Waals surface area contributed by atoms with Gasteiger partial charge in [-0.1, -0.05) is 32.0 Å². The zero-order valence-corrected chi connectivity index (χ0v) is 11.4. The summed E-state index contributed by atoms with van der Waals surface area (Å²) in [7, 11) is 0. The molecule has 0 aliphatic carbocycles. The van der Waals surface area contributed by atoms with Gasteiger partial charge >= 0.3 is 11.8 Å². The molecule has 0 amide bonds. The predicted molar refractivity (Wildman–Crippen MR) is 67.5 cm³/mol. The SMILES string of the molecule is CC(C)(CC1(C(F)(F)F)[CH+]O1)c1cccc2c1OCC2. The standard InChI is InChI=1S/C15H16F3O2/c1-13(2,8-14(9-20-14)15(16,17)18)11-5-3-4-10-6-7-19-12(10)11/h3-5,9H,6-8H2,1-2H3/q+1. The Hall–Kier alpha value is -1.36. The van der Waals surface area contributed by atoms with Crippen LogP contribution in [0.1, 0.15) is 31.4 Å². The number of fused-ring (bicyclic) bond motifs is 1. The molecular weight excluding hydrogens is 269 g/mol. The second kappa shape index (κ2) is 4.07. The van der Waals surface area contributed by atoms with Crippen molar-refractivity contribution in [3.63, 3.8) is 0 Å². The van der Waals surface area contributed by atoms with Crippen LogP contribution in [0.15, 0.2) is 18.2 Å². The lowest BCUT2D eigenvalue weighted by molar-refractivity contribution is -0.188. The second-order valence-corrected chi connectivity index (χ2v) is 6.08. The van der Waals surface area contributed by atoms with Gasteiger partial charge in [0.2, 0.25) is 0 Å². The Morgan fingerprint density at radius 1 is 1.30 bits per heavy atom. The van der Waals surface area contributed by atoms with Crippen molar-refractivity contribution in [2.75, 3.05) is 6.61 Å². The van der Waals surface area contributed by atoms with Crippen molar-refractivity contribution in [2.24, 2.45) is 0 Å². The minimum Gasteiger partial charge on any atom is -0.493 e. The molecule has 108 valence electrons. The first kappa shape index (κ1) is 13.6. The number of hydrogen-bond acceptors (Lipinski definition) is 2. The topological polar surface area (TPSA) is 21.8 Å². The molecule has 0 radical (unpaired) electrons. The van der Waals surface area contributed by atoms with Crippen LogP contribution in [-0.4, -0.2) is 18.4 Å². The lowest BCUT2D eigenvalue weighted by Crippen LogP contribution is -2.38. The fourth-order valence-corrected chi connectivity index (χ4v) is 2.89. The van der Waals surface area contributed by atoms with Crippen molar-refractivity contribution in [3.05, 3.63) is 35.9 Å². The van der Waals surface area contributed by atoms with E-state index in [4.69, 9.17) is 4.74 Å². The minimum absolute atomic E-state index is 0.136. The highest BCUT2D eigenvalue weighted by molar-refractivity contribution is 5.48. The normalized spacial score (nSPS) is 24.9. The van der Waals surface area contributed by atoms with E-state index in [0.29, 0.717) is 6.61 Å². The van der Waals surface area contributed by atoms with Gasteiger partial charge in [0.25, 0.3) is 6.61 Å². The van der Waals surface area contributed by atoms with Gasteiger partial charge < -0.3 is 4.74 Å². The maximum atomic E-state index is 13.0. The Kier molecular flexibility index (Phi) is 2.77. The maximum Gasteiger partial charge on any atom is 0.469 e. The number of ether oxygens (including phenoxy) is 2. The number of alkyl halides is 3. The van der Waals surface area contributed by atoms with Crippen molar-refractivity contribution in [1.29, 1.82) is 0 Å². The molecule has 2 heterocycles. The first-order valence-electron chi connectivity index (χ1n) is 6.59. The molecule has 20 heavy (non-hydrogen) atoms. The first-order valence-corrected chi connectivity index (χ1v) is 6.59. The first-order chi connectivity index (χ1) is 9.25. The van der Waals surface area contributed by atoms with Crippen LogP contribution < -0.4 is 4.74 Å². The molecule has 1 aromatic carbocycles. The van der Waals surface area contributed by atoms with E-state index < -0.39 is 17.2 Å². The number of benzene rings is 1. The molecule has 0 bridgehead atoms. The summed E-state index contributed by atoms with van der Waals surface area (Å²) in [5.41, 5.74) is -0.895. The Bertz CT molecular complexity index is 530. The van der Waals surface area contributed by atoms with Crippen molar-refractivity contribution < 1.29 is 22.6 Å². The Morgan fingerprint density at radius 2 is 2.00 bits per heavy atom. The van der Waals surface area contributed by atoms with Gasteiger partial charge in [0.15, 0.2) is 0 Å². The lowest BCUT2D eigenvalue weighted by Gasteiger charge is -2.27. The molecule has 5 heteroatoms. The summed E-state index contributed by atoms with van der Waals surface area (Å²) in [5.74, 6) is 0.746. The fraction of sp³-hybridized carbons (Fsp3) is 0.533. The molecule has 0 aromatic heterocycles. The highest BCUT2D eigenvalue weighted by Crippen LogP contribution is 2.55. The van der Waals surface area contributed by atoms with Gasteiger partial charge in [0.05, 0.1) is 6.61 Å². The molecule has 0 saturated carbocycles. The van der Waals surface area contributed by atoms with E-state index in [2.05, 4.69) is 4.74 Å². The molecule has 0 spiro atoms. The van der Waals surface area contributed by atoms with Gasteiger partial charge in [0, 0.05) is 23.8 Å². The van der Waals surface area contributed by atoms with E-state index in [1.807, 2.05) is 18.2 Å². The molecule has 0 N–H and O–H groups in total. The van der Waals surface area contributed by atoms with E-state index in [9.17, 15) is 13.2 Å². The molecule has 2 nitrogen and oxygen atoms in total. The minimum atomic E-state index is -4.37. The molecule has 1 atom stereocenters. The highest BCUT2D eigenvalue weighted by Gasteiger charge is 2.80. The average molecular weight is 285 g/mol. The van der Waals surface area contributed by atoms with Crippen LogP contribution in [0.5, 0.6) is 5.75 Å². The molecule has 1 unspecified atom stereocenters. The van der Waals surface area contributed by atoms with Crippen LogP contribution in [0.2, 0.25) is 0 Å². The van der Waals surface area contributed by atoms with Crippen LogP contribution in [0.4, 0.5) is 13.2 Å². The lowest BCUT2D eigenvalue weighted by atomic mass is 9.76. The third-order valence-corrected chi connectivity index (χ3v) is 4.03. The van der Waals surface area contributed by atoms with Crippen LogP contribution in [0.3, 0.4) is 0 Å². The largest absolute Gasteiger partial charge is 0.493 e. The number of halogens is 3. The maximum absolute atomic E-state index is 13.0. The summed E-state index contributed by atoms with van der Waals surface area (Å²) < 4.78 is 49.3. The van der Waals surface area contributed by atoms with Crippen molar-refractivity contribution in [3.8, 4) is 5.75 Å². The third kappa shape index (κ3) is 2.04. The van der Waals surface area contributed by atoms with Crippen LogP contribution in [-0.2, 0) is 16.6 Å². The number of hydrogen-bond donors (Lipinski definition) is 0. The smallest absolute Gasteiger partial charge is 0.469 e. The summed E-state index contributed by atoms with van der Waals surface area (Å²) in [5, 5.41) is 0. The van der Waals surface area contributed by atoms with E-state index >= 15 is 0 Å². The Morgan fingerprint density at radius 3 is 2.60 bits per heavy atom. The van der Waals surface area contributed by atoms with Crippen LogP contribution in [0.25, 0.3) is 0 Å². The third-order valence-electron chi connectivity index (χ3n) is 4.03. The summed E-state index contributed by atoms with van der Waals surface area (Å²) in [6.45, 7) is 5.08. The Labute approximate surface area is 115 Å². The van der Waals surface area contributed by atoms with E-state index in [1.165, 1.54) is 0 Å². The molecule has 1 aromatic rings. The number of rotatable bonds is 3. The van der Waals surface area contributed by atoms with Crippen LogP contribution >= 0.6 is 0 Å². The van der Waals surface area contributed by atoms with Gasteiger partial charge in [-0.3, -0.25) is 0 Å². The monoisotopic (exact) mass is 285 g/mol. The number of epoxide rings is 1. The summed E-state index contributed by atoms with van der Waals surface area (Å²) in [6, 6.07) is 5.68. The quantitative estimate of drug-likeness (QED) is 0.622. The van der Waals surface area contributed by atoms with Crippen molar-refractivity contribution in [1.82, 2.24) is 0 Å². The molecule has 1 fully saturated rings. The van der Waals surface area contributed by atoms with Crippen LogP contribution in [0, 0.1) is 6.61 Å².